The summed E-state index contributed by atoms with van der Waals surface area (Å²) in [6.45, 7) is 3.58. The fraction of sp³-hybridized carbons (Fsp3) is 0.275. The zero-order valence-electron chi connectivity index (χ0n) is 30.3. The van der Waals surface area contributed by atoms with Crippen LogP contribution < -0.4 is 20.3 Å². The second-order valence-corrected chi connectivity index (χ2v) is 13.6. The van der Waals surface area contributed by atoms with Gasteiger partial charge in [-0.1, -0.05) is 29.3 Å². The molecule has 6 aromatic rings. The number of aryl methyl sites for hydroxylation is 2. The minimum absolute atomic E-state index is 0.0348. The molecule has 7 atom stereocenters. The molecule has 56 heavy (non-hydrogen) atoms. The zero-order valence-corrected chi connectivity index (χ0v) is 30.3. The van der Waals surface area contributed by atoms with Gasteiger partial charge in [-0.15, -0.1) is 0 Å². The number of aliphatic hydroxyl groups is 3. The van der Waals surface area contributed by atoms with Crippen molar-refractivity contribution < 1.29 is 58.6 Å². The van der Waals surface area contributed by atoms with E-state index in [9.17, 15) is 39.9 Å². The van der Waals surface area contributed by atoms with Crippen LogP contribution in [0.25, 0.3) is 44.3 Å². The fourth-order valence-corrected chi connectivity index (χ4v) is 6.80. The summed E-state index contributed by atoms with van der Waals surface area (Å²) in [6, 6.07) is 18.1. The van der Waals surface area contributed by atoms with Gasteiger partial charge in [-0.05, 0) is 68.9 Å². The van der Waals surface area contributed by atoms with E-state index in [4.69, 9.17) is 23.5 Å². The van der Waals surface area contributed by atoms with Crippen LogP contribution in [0.15, 0.2) is 94.6 Å². The molecule has 0 saturated carbocycles. The number of nitrogens with zero attached hydrogens (tertiary/aromatic N) is 1. The highest BCUT2D eigenvalue weighted by Gasteiger charge is 2.52. The topological polar surface area (TPSA) is 235 Å². The SMILES string of the molecule is CNCC(C(=O)O)C(=O)OC(O)C1OC(Oc2ccc3c(=O)c(-c4ccc(O)cc4)coc3c2)C(On2cc3cc[nH]c3c2-c2cc(C)cc(C)c2)C(O)C1O. The predicted molar refractivity (Wildman–Crippen MR) is 200 cm³/mol. The third-order valence-corrected chi connectivity index (χ3v) is 9.49. The van der Waals surface area contributed by atoms with E-state index in [-0.39, 0.29) is 40.0 Å². The number of aromatic amines is 1. The van der Waals surface area contributed by atoms with Gasteiger partial charge in [0.25, 0.3) is 0 Å². The molecule has 16 heteroatoms. The molecule has 3 aromatic carbocycles. The maximum absolute atomic E-state index is 13.4. The molecule has 7 rings (SSSR count). The van der Waals surface area contributed by atoms with Crippen molar-refractivity contribution in [1.82, 2.24) is 15.0 Å². The summed E-state index contributed by atoms with van der Waals surface area (Å²) in [5.74, 6) is -4.45. The number of hydrogen-bond donors (Lipinski definition) is 7. The molecule has 0 amide bonds. The molecule has 1 fully saturated rings. The maximum Gasteiger partial charge on any atom is 0.324 e. The van der Waals surface area contributed by atoms with Crippen molar-refractivity contribution in [2.24, 2.45) is 5.92 Å². The Kier molecular flexibility index (Phi) is 10.6. The van der Waals surface area contributed by atoms with E-state index in [1.807, 2.05) is 38.1 Å². The molecule has 7 N–H and O–H groups in total. The molecule has 292 valence electrons. The highest BCUT2D eigenvalue weighted by atomic mass is 16.8. The van der Waals surface area contributed by atoms with Crippen LogP contribution in [-0.2, 0) is 19.1 Å². The molecule has 1 aliphatic heterocycles. The van der Waals surface area contributed by atoms with E-state index < -0.39 is 54.9 Å². The maximum atomic E-state index is 13.4. The number of nitrogens with one attached hydrogen (secondary N) is 2. The summed E-state index contributed by atoms with van der Waals surface area (Å²) in [4.78, 5) is 47.5. The van der Waals surface area contributed by atoms with E-state index in [1.165, 1.54) is 48.4 Å². The van der Waals surface area contributed by atoms with Gasteiger partial charge in [-0.3, -0.25) is 14.4 Å². The molecule has 1 saturated heterocycles. The number of ether oxygens (including phenoxy) is 3. The smallest absolute Gasteiger partial charge is 0.324 e. The van der Waals surface area contributed by atoms with Crippen molar-refractivity contribution in [3.05, 3.63) is 107 Å². The normalized spacial score (nSPS) is 20.8. The summed E-state index contributed by atoms with van der Waals surface area (Å²) in [5, 5.41) is 56.6. The van der Waals surface area contributed by atoms with Gasteiger partial charge in [0.15, 0.2) is 17.5 Å². The lowest BCUT2D eigenvalue weighted by Gasteiger charge is -2.42. The lowest BCUT2D eigenvalue weighted by molar-refractivity contribution is -0.318. The quantitative estimate of drug-likeness (QED) is 0.0539. The number of carbonyl (C=O) groups excluding carboxylic acids is 1. The highest BCUT2D eigenvalue weighted by molar-refractivity contribution is 5.94. The number of aliphatic hydroxyl groups excluding tert-OH is 3. The average Bonchev–Trinajstić information content (AvgIpc) is 3.74. The Morgan fingerprint density at radius 1 is 0.982 bits per heavy atom. The van der Waals surface area contributed by atoms with Gasteiger partial charge in [0.1, 0.15) is 41.2 Å². The second-order valence-electron chi connectivity index (χ2n) is 13.6. The molecular formula is C40H39N3O13. The standard InChI is InChI=1S/C40H39N3O13/c1-19-12-20(2)14-23(13-19)31-30-22(10-11-42-30)17-43(31)56-36-34(47)33(46)35(39(51)55-38(50)27(16-41-3)37(48)49)54-40(36)53-25-8-9-26-29(15-25)52-18-28(32(26)45)21-4-6-24(44)7-5-21/h4-15,17-18,27,33-36,39-42,44,46-47,51H,16H2,1-3H3,(H,48,49). The monoisotopic (exact) mass is 769 g/mol. The van der Waals surface area contributed by atoms with E-state index >= 15 is 0 Å². The Bertz CT molecular complexity index is 2430. The first-order valence-corrected chi connectivity index (χ1v) is 17.6. The molecule has 0 aliphatic carbocycles. The zero-order chi connectivity index (χ0) is 39.8. The summed E-state index contributed by atoms with van der Waals surface area (Å²) in [5.41, 5.74) is 4.56. The van der Waals surface area contributed by atoms with Crippen LogP contribution in [0.1, 0.15) is 11.1 Å². The highest BCUT2D eigenvalue weighted by Crippen LogP contribution is 2.34. The van der Waals surface area contributed by atoms with Gasteiger partial charge in [0, 0.05) is 29.8 Å². The molecule has 16 nitrogen and oxygen atoms in total. The third-order valence-electron chi connectivity index (χ3n) is 9.49. The van der Waals surface area contributed by atoms with Crippen LogP contribution in [0.2, 0.25) is 0 Å². The number of aliphatic carboxylic acids is 1. The lowest BCUT2D eigenvalue weighted by atomic mass is 9.98. The number of benzene rings is 3. The number of hydrogen-bond acceptors (Lipinski definition) is 13. The van der Waals surface area contributed by atoms with Crippen molar-refractivity contribution in [1.29, 1.82) is 0 Å². The first-order chi connectivity index (χ1) is 26.8. The van der Waals surface area contributed by atoms with Crippen LogP contribution in [-0.4, -0.2) is 97.8 Å². The molecule has 0 bridgehead atoms. The van der Waals surface area contributed by atoms with Crippen LogP contribution in [0, 0.1) is 19.8 Å². The van der Waals surface area contributed by atoms with Gasteiger partial charge in [0.2, 0.25) is 18.7 Å². The number of carboxylic acids is 1. The van der Waals surface area contributed by atoms with Crippen molar-refractivity contribution in [3.8, 4) is 33.9 Å². The van der Waals surface area contributed by atoms with Crippen molar-refractivity contribution in [2.75, 3.05) is 13.6 Å². The largest absolute Gasteiger partial charge is 0.508 e. The summed E-state index contributed by atoms with van der Waals surface area (Å²) < 4.78 is 24.4. The van der Waals surface area contributed by atoms with Crippen LogP contribution in [0.3, 0.4) is 0 Å². The molecule has 1 aliphatic rings. The Labute approximate surface area is 318 Å². The molecule has 0 spiro atoms. The summed E-state index contributed by atoms with van der Waals surface area (Å²) in [6.07, 6.45) is -6.40. The number of carbonyl (C=O) groups is 2. The first kappa shape index (κ1) is 38.1. The lowest BCUT2D eigenvalue weighted by Crippen LogP contribution is -2.65. The Morgan fingerprint density at radius 2 is 1.71 bits per heavy atom. The van der Waals surface area contributed by atoms with Gasteiger partial charge in [-0.25, -0.2) is 0 Å². The number of esters is 1. The van der Waals surface area contributed by atoms with Gasteiger partial charge < -0.3 is 59.3 Å². The number of rotatable bonds is 12. The van der Waals surface area contributed by atoms with E-state index in [0.717, 1.165) is 22.1 Å². The van der Waals surface area contributed by atoms with Crippen molar-refractivity contribution in [2.45, 2.75) is 50.8 Å². The van der Waals surface area contributed by atoms with Gasteiger partial charge in [0.05, 0.1) is 22.7 Å². The number of phenolic OH excluding ortho intramolecular Hbond substituents is 1. The van der Waals surface area contributed by atoms with Crippen molar-refractivity contribution >= 4 is 33.8 Å². The Morgan fingerprint density at radius 3 is 2.41 bits per heavy atom. The first-order valence-electron chi connectivity index (χ1n) is 17.6. The number of phenols is 1. The summed E-state index contributed by atoms with van der Waals surface area (Å²) >= 11 is 0. The second kappa shape index (κ2) is 15.5. The number of fused-ring (bicyclic) bond motifs is 2. The van der Waals surface area contributed by atoms with E-state index in [2.05, 4.69) is 10.3 Å². The van der Waals surface area contributed by atoms with Crippen molar-refractivity contribution in [3.63, 3.8) is 0 Å². The van der Waals surface area contributed by atoms with Crippen LogP contribution in [0.4, 0.5) is 0 Å². The molecular weight excluding hydrogens is 730 g/mol. The minimum Gasteiger partial charge on any atom is -0.508 e. The number of H-pyrrole nitrogens is 1. The summed E-state index contributed by atoms with van der Waals surface area (Å²) in [7, 11) is 1.43. The van der Waals surface area contributed by atoms with E-state index in [0.29, 0.717) is 16.8 Å². The molecule has 3 aromatic heterocycles. The number of carboxylic acid groups (broad SMARTS) is 1. The Balaban J connectivity index is 1.24. The van der Waals surface area contributed by atoms with Gasteiger partial charge >= 0.3 is 11.9 Å². The third kappa shape index (κ3) is 7.43. The number of aromatic hydroxyl groups is 1. The predicted octanol–water partition coefficient (Wildman–Crippen LogP) is 2.84. The fourth-order valence-electron chi connectivity index (χ4n) is 6.80. The molecule has 4 heterocycles. The van der Waals surface area contributed by atoms with Gasteiger partial charge in [-0.2, -0.15) is 4.73 Å². The van der Waals surface area contributed by atoms with E-state index in [1.54, 1.807) is 24.5 Å². The van der Waals surface area contributed by atoms with Crippen LogP contribution >= 0.6 is 0 Å². The Hall–Kier alpha value is -6.17. The minimum atomic E-state index is -2.26. The molecule has 0 radical (unpaired) electrons. The molecule has 7 unspecified atom stereocenters. The average molecular weight is 770 g/mol. The number of aromatic nitrogens is 2. The van der Waals surface area contributed by atoms with Crippen LogP contribution in [0.5, 0.6) is 11.5 Å².